The third-order valence-corrected chi connectivity index (χ3v) is 4.04. The number of nitrogens with one attached hydrogen (secondary N) is 1. The normalized spacial score (nSPS) is 12.2. The van der Waals surface area contributed by atoms with Gasteiger partial charge in [-0.05, 0) is 32.0 Å². The number of aryl methyl sites for hydroxylation is 1. The average molecular weight is 292 g/mol. The monoisotopic (exact) mass is 292 g/mol. The summed E-state index contributed by atoms with van der Waals surface area (Å²) < 4.78 is 10.7. The molecule has 2 rings (SSSR count). The zero-order valence-electron chi connectivity index (χ0n) is 12.3. The highest BCUT2D eigenvalue weighted by molar-refractivity contribution is 7.11. The molecule has 1 unspecified atom stereocenters. The SMILES string of the molecule is COc1ccc(OC)c(C(C)NCc2ncc(C)s2)c1. The van der Waals surface area contributed by atoms with Gasteiger partial charge in [-0.25, -0.2) is 4.98 Å². The molecule has 1 aromatic carbocycles. The molecule has 1 heterocycles. The van der Waals surface area contributed by atoms with Crippen molar-refractivity contribution < 1.29 is 9.47 Å². The molecule has 108 valence electrons. The van der Waals surface area contributed by atoms with Crippen LogP contribution in [0.1, 0.15) is 28.4 Å². The van der Waals surface area contributed by atoms with Crippen LogP contribution in [0.3, 0.4) is 0 Å². The van der Waals surface area contributed by atoms with Gasteiger partial charge < -0.3 is 14.8 Å². The Morgan fingerprint density at radius 3 is 2.70 bits per heavy atom. The van der Waals surface area contributed by atoms with E-state index in [1.807, 2.05) is 24.4 Å². The first kappa shape index (κ1) is 14.8. The third kappa shape index (κ3) is 3.49. The molecule has 0 amide bonds. The Labute approximate surface area is 123 Å². The third-order valence-electron chi connectivity index (χ3n) is 3.13. The maximum Gasteiger partial charge on any atom is 0.123 e. The van der Waals surface area contributed by atoms with Gasteiger partial charge in [0.2, 0.25) is 0 Å². The van der Waals surface area contributed by atoms with E-state index in [0.29, 0.717) is 0 Å². The van der Waals surface area contributed by atoms with E-state index in [1.165, 1.54) is 4.88 Å². The zero-order valence-corrected chi connectivity index (χ0v) is 13.1. The minimum atomic E-state index is 0.157. The van der Waals surface area contributed by atoms with E-state index in [0.717, 1.165) is 28.6 Å². The quantitative estimate of drug-likeness (QED) is 0.887. The second-order valence-electron chi connectivity index (χ2n) is 4.58. The van der Waals surface area contributed by atoms with Crippen molar-refractivity contribution in [1.82, 2.24) is 10.3 Å². The van der Waals surface area contributed by atoms with Crippen molar-refractivity contribution >= 4 is 11.3 Å². The van der Waals surface area contributed by atoms with Gasteiger partial charge in [-0.3, -0.25) is 0 Å². The molecule has 0 aliphatic carbocycles. The second-order valence-corrected chi connectivity index (χ2v) is 5.89. The number of ether oxygens (including phenoxy) is 2. The smallest absolute Gasteiger partial charge is 0.123 e. The maximum absolute atomic E-state index is 5.41. The highest BCUT2D eigenvalue weighted by atomic mass is 32.1. The largest absolute Gasteiger partial charge is 0.497 e. The molecular formula is C15H20N2O2S. The van der Waals surface area contributed by atoms with E-state index in [2.05, 4.69) is 24.1 Å². The topological polar surface area (TPSA) is 43.4 Å². The molecule has 0 aliphatic rings. The van der Waals surface area contributed by atoms with Gasteiger partial charge in [0.25, 0.3) is 0 Å². The summed E-state index contributed by atoms with van der Waals surface area (Å²) >= 11 is 1.71. The van der Waals surface area contributed by atoms with Crippen molar-refractivity contribution in [2.45, 2.75) is 26.4 Å². The summed E-state index contributed by atoms with van der Waals surface area (Å²) in [6.45, 7) is 4.92. The Hall–Kier alpha value is -1.59. The summed E-state index contributed by atoms with van der Waals surface area (Å²) in [4.78, 5) is 5.59. The summed E-state index contributed by atoms with van der Waals surface area (Å²) in [6, 6.07) is 5.99. The lowest BCUT2D eigenvalue weighted by molar-refractivity contribution is 0.391. The molecule has 2 aromatic rings. The van der Waals surface area contributed by atoms with Gasteiger partial charge in [0.1, 0.15) is 16.5 Å². The Balaban J connectivity index is 2.09. The Morgan fingerprint density at radius 1 is 1.30 bits per heavy atom. The molecule has 0 spiro atoms. The van der Waals surface area contributed by atoms with Crippen molar-refractivity contribution in [3.63, 3.8) is 0 Å². The van der Waals surface area contributed by atoms with Crippen LogP contribution in [0.15, 0.2) is 24.4 Å². The molecule has 0 radical (unpaired) electrons. The fourth-order valence-electron chi connectivity index (χ4n) is 2.01. The number of methoxy groups -OCH3 is 2. The standard InChI is InChI=1S/C15H20N2O2S/c1-10-8-17-15(20-10)9-16-11(2)13-7-12(18-3)5-6-14(13)19-4/h5-8,11,16H,9H2,1-4H3. The van der Waals surface area contributed by atoms with Gasteiger partial charge >= 0.3 is 0 Å². The first-order chi connectivity index (χ1) is 9.63. The summed E-state index contributed by atoms with van der Waals surface area (Å²) in [7, 11) is 3.35. The van der Waals surface area contributed by atoms with Crippen molar-refractivity contribution in [3.05, 3.63) is 39.8 Å². The van der Waals surface area contributed by atoms with Crippen LogP contribution in [0, 0.1) is 6.92 Å². The lowest BCUT2D eigenvalue weighted by Gasteiger charge is -2.17. The van der Waals surface area contributed by atoms with Crippen LogP contribution in [-0.2, 0) is 6.54 Å². The molecule has 0 saturated carbocycles. The van der Waals surface area contributed by atoms with Gasteiger partial charge in [0, 0.05) is 29.2 Å². The van der Waals surface area contributed by atoms with E-state index in [9.17, 15) is 0 Å². The molecular weight excluding hydrogens is 272 g/mol. The van der Waals surface area contributed by atoms with E-state index in [4.69, 9.17) is 9.47 Å². The van der Waals surface area contributed by atoms with Gasteiger partial charge in [0.15, 0.2) is 0 Å². The molecule has 20 heavy (non-hydrogen) atoms. The van der Waals surface area contributed by atoms with Crippen LogP contribution in [0.4, 0.5) is 0 Å². The number of hydrogen-bond acceptors (Lipinski definition) is 5. The number of rotatable bonds is 6. The summed E-state index contributed by atoms with van der Waals surface area (Å²) in [5.41, 5.74) is 1.08. The molecule has 1 aromatic heterocycles. The molecule has 4 nitrogen and oxygen atoms in total. The number of aromatic nitrogens is 1. The van der Waals surface area contributed by atoms with Crippen molar-refractivity contribution in [2.24, 2.45) is 0 Å². The fourth-order valence-corrected chi connectivity index (χ4v) is 2.75. The van der Waals surface area contributed by atoms with Crippen molar-refractivity contribution in [1.29, 1.82) is 0 Å². The van der Waals surface area contributed by atoms with E-state index in [1.54, 1.807) is 25.6 Å². The molecule has 1 N–H and O–H groups in total. The highest BCUT2D eigenvalue weighted by Crippen LogP contribution is 2.29. The number of hydrogen-bond donors (Lipinski definition) is 1. The van der Waals surface area contributed by atoms with Crippen molar-refractivity contribution in [3.8, 4) is 11.5 Å². The predicted octanol–water partition coefficient (Wildman–Crippen LogP) is 3.32. The average Bonchev–Trinajstić information content (AvgIpc) is 2.89. The molecule has 0 fully saturated rings. The van der Waals surface area contributed by atoms with E-state index in [-0.39, 0.29) is 6.04 Å². The lowest BCUT2D eigenvalue weighted by Crippen LogP contribution is -2.18. The maximum atomic E-state index is 5.41. The van der Waals surface area contributed by atoms with Crippen LogP contribution in [-0.4, -0.2) is 19.2 Å². The Morgan fingerprint density at radius 2 is 2.10 bits per heavy atom. The minimum absolute atomic E-state index is 0.157. The minimum Gasteiger partial charge on any atom is -0.497 e. The van der Waals surface area contributed by atoms with Gasteiger partial charge in [-0.2, -0.15) is 0 Å². The lowest BCUT2D eigenvalue weighted by atomic mass is 10.1. The van der Waals surface area contributed by atoms with Crippen molar-refractivity contribution in [2.75, 3.05) is 14.2 Å². The molecule has 5 heteroatoms. The van der Waals surface area contributed by atoms with E-state index >= 15 is 0 Å². The number of thiazole rings is 1. The summed E-state index contributed by atoms with van der Waals surface area (Å²) in [6.07, 6.45) is 1.90. The molecule has 1 atom stereocenters. The molecule has 0 aliphatic heterocycles. The first-order valence-electron chi connectivity index (χ1n) is 6.50. The van der Waals surface area contributed by atoms with Gasteiger partial charge in [-0.15, -0.1) is 11.3 Å². The van der Waals surface area contributed by atoms with Gasteiger partial charge in [0.05, 0.1) is 14.2 Å². The first-order valence-corrected chi connectivity index (χ1v) is 7.32. The Bertz CT molecular complexity index is 569. The van der Waals surface area contributed by atoms with Crippen LogP contribution < -0.4 is 14.8 Å². The number of nitrogens with zero attached hydrogens (tertiary/aromatic N) is 1. The van der Waals surface area contributed by atoms with Crippen LogP contribution in [0.2, 0.25) is 0 Å². The van der Waals surface area contributed by atoms with Crippen LogP contribution >= 0.6 is 11.3 Å². The molecule has 0 saturated heterocycles. The summed E-state index contributed by atoms with van der Waals surface area (Å²) in [5.74, 6) is 1.70. The summed E-state index contributed by atoms with van der Waals surface area (Å²) in [5, 5.41) is 4.56. The fraction of sp³-hybridized carbons (Fsp3) is 0.400. The van der Waals surface area contributed by atoms with E-state index < -0.39 is 0 Å². The Kier molecular flexibility index (Phi) is 4.98. The predicted molar refractivity (Wildman–Crippen MR) is 81.7 cm³/mol. The van der Waals surface area contributed by atoms with Gasteiger partial charge in [-0.1, -0.05) is 0 Å². The van der Waals surface area contributed by atoms with Crippen LogP contribution in [0.5, 0.6) is 11.5 Å². The number of benzene rings is 1. The van der Waals surface area contributed by atoms with Crippen LogP contribution in [0.25, 0.3) is 0 Å². The molecule has 0 bridgehead atoms. The highest BCUT2D eigenvalue weighted by Gasteiger charge is 2.13. The zero-order chi connectivity index (χ0) is 14.5. The second kappa shape index (κ2) is 6.72.